The Morgan fingerprint density at radius 2 is 1.85 bits per heavy atom. The third kappa shape index (κ3) is 4.02. The van der Waals surface area contributed by atoms with E-state index in [4.69, 9.17) is 16.0 Å². The van der Waals surface area contributed by atoms with E-state index in [1.54, 1.807) is 6.07 Å². The summed E-state index contributed by atoms with van der Waals surface area (Å²) in [6, 6.07) is 15.8. The Morgan fingerprint density at radius 3 is 2.59 bits per heavy atom. The normalized spacial score (nSPS) is 15.4. The van der Waals surface area contributed by atoms with Gasteiger partial charge in [0.05, 0.1) is 0 Å². The molecular weight excluding hydrogens is 360 g/mol. The zero-order valence-corrected chi connectivity index (χ0v) is 16.2. The zero-order chi connectivity index (χ0) is 18.8. The minimum absolute atomic E-state index is 0.275. The van der Waals surface area contributed by atoms with Gasteiger partial charge in [-0.15, -0.1) is 0 Å². The van der Waals surface area contributed by atoms with E-state index in [0.717, 1.165) is 55.1 Å². The highest BCUT2D eigenvalue weighted by Gasteiger charge is 2.19. The Bertz CT molecular complexity index is 1010. The van der Waals surface area contributed by atoms with Gasteiger partial charge in [-0.25, -0.2) is 4.79 Å². The van der Waals surface area contributed by atoms with Gasteiger partial charge in [-0.05, 0) is 41.8 Å². The lowest BCUT2D eigenvalue weighted by atomic mass is 10.1. The maximum atomic E-state index is 12.0. The van der Waals surface area contributed by atoms with Crippen LogP contribution in [-0.2, 0) is 13.0 Å². The molecule has 0 aliphatic carbocycles. The summed E-state index contributed by atoms with van der Waals surface area (Å²) < 4.78 is 5.43. The van der Waals surface area contributed by atoms with Crippen LogP contribution < -0.4 is 10.5 Å². The largest absolute Gasteiger partial charge is 0.423 e. The lowest BCUT2D eigenvalue weighted by Gasteiger charge is -2.36. The molecule has 2 heterocycles. The van der Waals surface area contributed by atoms with Gasteiger partial charge in [-0.2, -0.15) is 0 Å². The number of benzene rings is 2. The second-order valence-electron chi connectivity index (χ2n) is 7.02. The molecule has 0 radical (unpaired) electrons. The number of hydrogen-bond acceptors (Lipinski definition) is 4. The van der Waals surface area contributed by atoms with E-state index in [-0.39, 0.29) is 5.63 Å². The molecule has 140 valence electrons. The molecule has 4 nitrogen and oxygen atoms in total. The summed E-state index contributed by atoms with van der Waals surface area (Å²) in [7, 11) is 0. The van der Waals surface area contributed by atoms with Gasteiger partial charge in [-0.3, -0.25) is 4.90 Å². The van der Waals surface area contributed by atoms with Crippen LogP contribution in [0.3, 0.4) is 0 Å². The molecule has 1 aliphatic rings. The molecule has 5 heteroatoms. The average Bonchev–Trinajstić information content (AvgIpc) is 2.68. The minimum Gasteiger partial charge on any atom is -0.423 e. The van der Waals surface area contributed by atoms with Gasteiger partial charge >= 0.3 is 5.63 Å². The molecule has 4 rings (SSSR count). The molecule has 27 heavy (non-hydrogen) atoms. The third-order valence-electron chi connectivity index (χ3n) is 5.24. The Kier molecular flexibility index (Phi) is 5.19. The number of nitrogens with zero attached hydrogens (tertiary/aromatic N) is 2. The smallest absolute Gasteiger partial charge is 0.336 e. The van der Waals surface area contributed by atoms with Gasteiger partial charge in [0.25, 0.3) is 0 Å². The van der Waals surface area contributed by atoms with Gasteiger partial charge in [0, 0.05) is 54.9 Å². The topological polar surface area (TPSA) is 36.7 Å². The SMILES string of the molecule is CCc1ccc2c(CN3CCN(c4cccc(Cl)c4)CC3)cc(=O)oc2c1. The summed E-state index contributed by atoms with van der Waals surface area (Å²) in [5.41, 5.74) is 3.80. The summed E-state index contributed by atoms with van der Waals surface area (Å²) in [6.07, 6.45) is 0.926. The summed E-state index contributed by atoms with van der Waals surface area (Å²) in [6.45, 7) is 6.64. The van der Waals surface area contributed by atoms with Gasteiger partial charge < -0.3 is 9.32 Å². The molecule has 1 aromatic heterocycles. The highest BCUT2D eigenvalue weighted by molar-refractivity contribution is 6.30. The van der Waals surface area contributed by atoms with Crippen molar-refractivity contribution in [2.75, 3.05) is 31.1 Å². The lowest BCUT2D eigenvalue weighted by Crippen LogP contribution is -2.46. The van der Waals surface area contributed by atoms with Gasteiger partial charge in [0.2, 0.25) is 0 Å². The van der Waals surface area contributed by atoms with Crippen LogP contribution in [-0.4, -0.2) is 31.1 Å². The Labute approximate surface area is 164 Å². The van der Waals surface area contributed by atoms with Crippen LogP contribution in [0.1, 0.15) is 18.1 Å². The van der Waals surface area contributed by atoms with Crippen LogP contribution in [0.5, 0.6) is 0 Å². The number of halogens is 1. The first-order valence-electron chi connectivity index (χ1n) is 9.41. The van der Waals surface area contributed by atoms with Gasteiger partial charge in [-0.1, -0.05) is 36.7 Å². The fourth-order valence-electron chi connectivity index (χ4n) is 3.70. The Morgan fingerprint density at radius 1 is 1.04 bits per heavy atom. The number of hydrogen-bond donors (Lipinski definition) is 0. The van der Waals surface area contributed by atoms with E-state index in [1.807, 2.05) is 24.3 Å². The standard InChI is InChI=1S/C22H23ClN2O2/c1-2-16-6-7-20-17(13-22(26)27-21(20)12-16)15-24-8-10-25(11-9-24)19-5-3-4-18(23)14-19/h3-7,12-14H,2,8-11,15H2,1H3. The predicted molar refractivity (Wildman–Crippen MR) is 111 cm³/mol. The molecule has 2 aromatic carbocycles. The van der Waals surface area contributed by atoms with Crippen molar-refractivity contribution >= 4 is 28.3 Å². The summed E-state index contributed by atoms with van der Waals surface area (Å²) in [5, 5.41) is 1.80. The molecule has 0 bridgehead atoms. The van der Waals surface area contributed by atoms with E-state index < -0.39 is 0 Å². The maximum absolute atomic E-state index is 12.0. The molecule has 1 aliphatic heterocycles. The molecule has 0 saturated carbocycles. The number of rotatable bonds is 4. The van der Waals surface area contributed by atoms with Crippen LogP contribution in [0.4, 0.5) is 5.69 Å². The fourth-order valence-corrected chi connectivity index (χ4v) is 3.89. The molecule has 0 amide bonds. The average molecular weight is 383 g/mol. The first kappa shape index (κ1) is 18.1. The lowest BCUT2D eigenvalue weighted by molar-refractivity contribution is 0.250. The fraction of sp³-hybridized carbons (Fsp3) is 0.318. The van der Waals surface area contributed by atoms with E-state index in [2.05, 4.69) is 34.9 Å². The predicted octanol–water partition coefficient (Wildman–Crippen LogP) is 4.33. The first-order valence-corrected chi connectivity index (χ1v) is 9.79. The molecule has 3 aromatic rings. The second-order valence-corrected chi connectivity index (χ2v) is 7.45. The molecule has 0 atom stereocenters. The third-order valence-corrected chi connectivity index (χ3v) is 5.48. The van der Waals surface area contributed by atoms with Crippen LogP contribution in [0.15, 0.2) is 57.7 Å². The second kappa shape index (κ2) is 7.75. The Balaban J connectivity index is 1.50. The van der Waals surface area contributed by atoms with Crippen molar-refractivity contribution < 1.29 is 4.42 Å². The van der Waals surface area contributed by atoms with E-state index in [1.165, 1.54) is 11.3 Å². The number of aryl methyl sites for hydroxylation is 1. The number of anilines is 1. The van der Waals surface area contributed by atoms with Crippen molar-refractivity contribution in [3.63, 3.8) is 0 Å². The summed E-state index contributed by atoms with van der Waals surface area (Å²) in [5.74, 6) is 0. The highest BCUT2D eigenvalue weighted by Crippen LogP contribution is 2.23. The van der Waals surface area contributed by atoms with Crippen LogP contribution in [0, 0.1) is 0 Å². The van der Waals surface area contributed by atoms with E-state index in [0.29, 0.717) is 5.58 Å². The summed E-state index contributed by atoms with van der Waals surface area (Å²) in [4.78, 5) is 16.8. The van der Waals surface area contributed by atoms with Crippen LogP contribution in [0.25, 0.3) is 11.0 Å². The maximum Gasteiger partial charge on any atom is 0.336 e. The van der Waals surface area contributed by atoms with Gasteiger partial charge in [0.15, 0.2) is 0 Å². The quantitative estimate of drug-likeness (QED) is 0.629. The highest BCUT2D eigenvalue weighted by atomic mass is 35.5. The van der Waals surface area contributed by atoms with E-state index in [9.17, 15) is 4.79 Å². The Hall–Kier alpha value is -2.30. The van der Waals surface area contributed by atoms with E-state index >= 15 is 0 Å². The molecule has 1 saturated heterocycles. The summed E-state index contributed by atoms with van der Waals surface area (Å²) >= 11 is 6.12. The number of piperazine rings is 1. The van der Waals surface area contributed by atoms with Crippen molar-refractivity contribution in [1.82, 2.24) is 4.90 Å². The number of fused-ring (bicyclic) bond motifs is 1. The molecule has 0 N–H and O–H groups in total. The molecule has 1 fully saturated rings. The van der Waals surface area contributed by atoms with Gasteiger partial charge in [0.1, 0.15) is 5.58 Å². The molecule has 0 unspecified atom stereocenters. The molecular formula is C22H23ClN2O2. The van der Waals surface area contributed by atoms with Crippen molar-refractivity contribution in [1.29, 1.82) is 0 Å². The molecule has 0 spiro atoms. The van der Waals surface area contributed by atoms with Crippen molar-refractivity contribution in [2.45, 2.75) is 19.9 Å². The monoisotopic (exact) mass is 382 g/mol. The first-order chi connectivity index (χ1) is 13.1. The zero-order valence-electron chi connectivity index (χ0n) is 15.5. The van der Waals surface area contributed by atoms with Crippen molar-refractivity contribution in [3.8, 4) is 0 Å². The van der Waals surface area contributed by atoms with Crippen LogP contribution in [0.2, 0.25) is 5.02 Å². The minimum atomic E-state index is -0.275. The van der Waals surface area contributed by atoms with Crippen LogP contribution >= 0.6 is 11.6 Å². The van der Waals surface area contributed by atoms with Crippen molar-refractivity contribution in [3.05, 3.63) is 75.1 Å². The van der Waals surface area contributed by atoms with Crippen molar-refractivity contribution in [2.24, 2.45) is 0 Å².